The van der Waals surface area contributed by atoms with Crippen LogP contribution in [0.5, 0.6) is 0 Å². The van der Waals surface area contributed by atoms with E-state index < -0.39 is 11.7 Å². The molecule has 0 bridgehead atoms. The van der Waals surface area contributed by atoms with Crippen molar-refractivity contribution in [3.63, 3.8) is 0 Å². The number of alkyl halides is 4. The molecule has 2 atom stereocenters. The third kappa shape index (κ3) is 2.58. The normalized spacial score (nSPS) is 28.7. The third-order valence-corrected chi connectivity index (χ3v) is 4.67. The summed E-state index contributed by atoms with van der Waals surface area (Å²) in [6.45, 7) is 3.92. The van der Waals surface area contributed by atoms with Crippen LogP contribution in [0.3, 0.4) is 0 Å². The lowest BCUT2D eigenvalue weighted by atomic mass is 9.78. The largest absolute Gasteiger partial charge is 0.416 e. The summed E-state index contributed by atoms with van der Waals surface area (Å²) < 4.78 is 37.9. The van der Waals surface area contributed by atoms with Gasteiger partial charge in [0.2, 0.25) is 0 Å². The second-order valence-electron chi connectivity index (χ2n) is 5.43. The van der Waals surface area contributed by atoms with E-state index in [2.05, 4.69) is 22.9 Å². The van der Waals surface area contributed by atoms with E-state index in [0.29, 0.717) is 4.83 Å². The molecule has 1 saturated carbocycles. The van der Waals surface area contributed by atoms with Crippen LogP contribution < -0.4 is 0 Å². The van der Waals surface area contributed by atoms with Gasteiger partial charge in [0.25, 0.3) is 0 Å². The van der Waals surface area contributed by atoms with Crippen LogP contribution in [0.15, 0.2) is 18.2 Å². The first-order valence-corrected chi connectivity index (χ1v) is 6.96. The first kappa shape index (κ1) is 13.9. The van der Waals surface area contributed by atoms with Crippen LogP contribution in [0.4, 0.5) is 13.2 Å². The van der Waals surface area contributed by atoms with Crippen LogP contribution in [0.2, 0.25) is 0 Å². The molecule has 18 heavy (non-hydrogen) atoms. The minimum Gasteiger partial charge on any atom is -0.166 e. The summed E-state index contributed by atoms with van der Waals surface area (Å²) in [4.78, 5) is 0.476. The Bertz CT molecular complexity index is 453. The van der Waals surface area contributed by atoms with Gasteiger partial charge in [-0.1, -0.05) is 28.9 Å². The van der Waals surface area contributed by atoms with Crippen molar-refractivity contribution in [2.75, 3.05) is 0 Å². The topological polar surface area (TPSA) is 0 Å². The van der Waals surface area contributed by atoms with Crippen molar-refractivity contribution in [1.29, 1.82) is 0 Å². The second-order valence-corrected chi connectivity index (χ2v) is 6.72. The zero-order valence-electron chi connectivity index (χ0n) is 10.4. The van der Waals surface area contributed by atoms with Gasteiger partial charge in [0, 0.05) is 4.83 Å². The van der Waals surface area contributed by atoms with Crippen LogP contribution >= 0.6 is 15.9 Å². The number of aryl methyl sites for hydroxylation is 1. The Morgan fingerprint density at radius 1 is 1.33 bits per heavy atom. The summed E-state index contributed by atoms with van der Waals surface area (Å²) in [6.07, 6.45) is -1.16. The molecule has 1 aliphatic carbocycles. The number of benzene rings is 1. The fraction of sp³-hybridized carbons (Fsp3) is 0.571. The first-order chi connectivity index (χ1) is 8.22. The van der Waals surface area contributed by atoms with Crippen LogP contribution in [-0.2, 0) is 11.6 Å². The highest BCUT2D eigenvalue weighted by atomic mass is 79.9. The van der Waals surface area contributed by atoms with E-state index in [1.54, 1.807) is 13.0 Å². The Morgan fingerprint density at radius 2 is 2.00 bits per heavy atom. The summed E-state index contributed by atoms with van der Waals surface area (Å²) >= 11 is 3.60. The van der Waals surface area contributed by atoms with E-state index in [9.17, 15) is 13.2 Å². The molecule has 1 aromatic rings. The van der Waals surface area contributed by atoms with E-state index >= 15 is 0 Å². The van der Waals surface area contributed by atoms with Crippen molar-refractivity contribution < 1.29 is 13.2 Å². The smallest absolute Gasteiger partial charge is 0.166 e. The quantitative estimate of drug-likeness (QED) is 0.622. The Morgan fingerprint density at radius 3 is 2.44 bits per heavy atom. The van der Waals surface area contributed by atoms with Crippen LogP contribution in [-0.4, -0.2) is 4.83 Å². The molecule has 0 aliphatic heterocycles. The summed E-state index contributed by atoms with van der Waals surface area (Å²) in [5, 5.41) is 0. The fourth-order valence-electron chi connectivity index (χ4n) is 2.93. The highest BCUT2D eigenvalue weighted by Gasteiger charge is 2.37. The highest BCUT2D eigenvalue weighted by molar-refractivity contribution is 9.09. The minimum atomic E-state index is -4.25. The van der Waals surface area contributed by atoms with Gasteiger partial charge >= 0.3 is 6.18 Å². The summed E-state index contributed by atoms with van der Waals surface area (Å²) in [6, 6.07) is 4.13. The molecule has 100 valence electrons. The van der Waals surface area contributed by atoms with Crippen molar-refractivity contribution in [3.8, 4) is 0 Å². The Balaban J connectivity index is 2.36. The molecule has 0 heterocycles. The van der Waals surface area contributed by atoms with Gasteiger partial charge in [0.1, 0.15) is 0 Å². The van der Waals surface area contributed by atoms with Gasteiger partial charge in [-0.15, -0.1) is 0 Å². The molecule has 1 aliphatic rings. The van der Waals surface area contributed by atoms with Crippen molar-refractivity contribution in [3.05, 3.63) is 34.9 Å². The lowest BCUT2D eigenvalue weighted by Crippen LogP contribution is -2.20. The minimum absolute atomic E-state index is 0.00236. The zero-order chi connectivity index (χ0) is 13.6. The van der Waals surface area contributed by atoms with Crippen molar-refractivity contribution in [2.45, 2.75) is 49.5 Å². The average Bonchev–Trinajstić information content (AvgIpc) is 2.58. The molecule has 2 unspecified atom stereocenters. The molecule has 0 radical (unpaired) electrons. The van der Waals surface area contributed by atoms with Crippen molar-refractivity contribution in [2.24, 2.45) is 0 Å². The molecule has 0 aromatic heterocycles. The monoisotopic (exact) mass is 320 g/mol. The molecule has 0 N–H and O–H groups in total. The molecule has 4 heteroatoms. The zero-order valence-corrected chi connectivity index (χ0v) is 12.0. The molecular weight excluding hydrogens is 305 g/mol. The summed E-state index contributed by atoms with van der Waals surface area (Å²) in [5.74, 6) is 0. The van der Waals surface area contributed by atoms with Gasteiger partial charge in [-0.2, -0.15) is 13.2 Å². The van der Waals surface area contributed by atoms with Gasteiger partial charge in [0.05, 0.1) is 5.56 Å². The molecule has 1 aromatic carbocycles. The second kappa shape index (κ2) is 4.55. The highest BCUT2D eigenvalue weighted by Crippen LogP contribution is 2.45. The van der Waals surface area contributed by atoms with Gasteiger partial charge in [0.15, 0.2) is 0 Å². The lowest BCUT2D eigenvalue weighted by molar-refractivity contribution is -0.137. The van der Waals surface area contributed by atoms with E-state index in [4.69, 9.17) is 0 Å². The molecule has 0 saturated heterocycles. The van der Waals surface area contributed by atoms with Crippen LogP contribution in [0.25, 0.3) is 0 Å². The maximum atomic E-state index is 12.6. The maximum Gasteiger partial charge on any atom is 0.416 e. The Kier molecular flexibility index (Phi) is 3.52. The predicted molar refractivity (Wildman–Crippen MR) is 70.1 cm³/mol. The molecule has 0 nitrogen and oxygen atoms in total. The third-order valence-electron chi connectivity index (χ3n) is 3.89. The Labute approximate surface area is 114 Å². The molecular formula is C14H16BrF3. The van der Waals surface area contributed by atoms with E-state index in [-0.39, 0.29) is 5.41 Å². The Hall–Kier alpha value is -0.510. The first-order valence-electron chi connectivity index (χ1n) is 6.05. The fourth-order valence-corrected chi connectivity index (χ4v) is 3.87. The predicted octanol–water partition coefficient (Wildman–Crippen LogP) is 5.22. The summed E-state index contributed by atoms with van der Waals surface area (Å²) in [5.41, 5.74) is 1.25. The standard InChI is InChI=1S/C14H16BrF3/c1-9-7-10(14(16,17)18)3-4-12(9)13(2)6-5-11(15)8-13/h3-4,7,11H,5-6,8H2,1-2H3. The number of hydrogen-bond acceptors (Lipinski definition) is 0. The molecule has 0 amide bonds. The van der Waals surface area contributed by atoms with E-state index in [0.717, 1.165) is 30.4 Å². The number of hydrogen-bond donors (Lipinski definition) is 0. The molecule has 2 rings (SSSR count). The molecule has 0 spiro atoms. The van der Waals surface area contributed by atoms with Crippen molar-refractivity contribution in [1.82, 2.24) is 0 Å². The summed E-state index contributed by atoms with van der Waals surface area (Å²) in [7, 11) is 0. The lowest BCUT2D eigenvalue weighted by Gasteiger charge is -2.27. The van der Waals surface area contributed by atoms with E-state index in [1.165, 1.54) is 12.1 Å². The number of halogens is 4. The maximum absolute atomic E-state index is 12.6. The van der Waals surface area contributed by atoms with Crippen LogP contribution in [0, 0.1) is 6.92 Å². The van der Waals surface area contributed by atoms with Gasteiger partial charge < -0.3 is 0 Å². The number of rotatable bonds is 1. The van der Waals surface area contributed by atoms with Crippen LogP contribution in [0.1, 0.15) is 42.9 Å². The van der Waals surface area contributed by atoms with Gasteiger partial charge in [-0.3, -0.25) is 0 Å². The molecule has 1 fully saturated rings. The average molecular weight is 321 g/mol. The SMILES string of the molecule is Cc1cc(C(F)(F)F)ccc1C1(C)CCC(Br)C1. The van der Waals surface area contributed by atoms with Gasteiger partial charge in [-0.05, 0) is 54.9 Å². The van der Waals surface area contributed by atoms with E-state index in [1.807, 2.05) is 0 Å². The van der Waals surface area contributed by atoms with Gasteiger partial charge in [-0.25, -0.2) is 0 Å². The van der Waals surface area contributed by atoms with Crippen molar-refractivity contribution >= 4 is 15.9 Å².